The van der Waals surface area contributed by atoms with E-state index in [0.29, 0.717) is 12.8 Å². The Balaban J connectivity index is 2.28. The zero-order valence-electron chi connectivity index (χ0n) is 11.9. The largest absolute Gasteiger partial charge is 0.297 e. The predicted molar refractivity (Wildman–Crippen MR) is 72.3 cm³/mol. The third kappa shape index (κ3) is 2.42. The van der Waals surface area contributed by atoms with E-state index in [2.05, 4.69) is 11.2 Å². The number of hydrogen-bond acceptors (Lipinski definition) is 3. The monoisotopic (exact) mass is 259 g/mol. The summed E-state index contributed by atoms with van der Waals surface area (Å²) in [5.41, 5.74) is -0.257. The minimum Gasteiger partial charge on any atom is -0.297 e. The van der Waals surface area contributed by atoms with Gasteiger partial charge < -0.3 is 0 Å². The molecular formula is C15H21N3O. The van der Waals surface area contributed by atoms with Crippen molar-refractivity contribution in [3.05, 3.63) is 18.0 Å². The number of hydrogen-bond donors (Lipinski definition) is 0. The number of carbonyl (C=O) groups excluding carboxylic acids is 1. The Morgan fingerprint density at radius 1 is 1.47 bits per heavy atom. The Hall–Kier alpha value is -1.63. The molecule has 0 bridgehead atoms. The van der Waals surface area contributed by atoms with Gasteiger partial charge in [-0.1, -0.05) is 20.3 Å². The Morgan fingerprint density at radius 3 is 2.79 bits per heavy atom. The van der Waals surface area contributed by atoms with E-state index in [1.807, 2.05) is 31.6 Å². The molecule has 2 rings (SSSR count). The van der Waals surface area contributed by atoms with Gasteiger partial charge in [-0.2, -0.15) is 10.4 Å². The smallest absolute Gasteiger partial charge is 0.158 e. The molecule has 1 aliphatic rings. The second kappa shape index (κ2) is 4.80. The molecule has 0 N–H and O–H groups in total. The standard InChI is InChI=1S/C15H21N3O/c1-4-18-10-12(9-17-18)8-15(11-16)7-5-6-14(2,3)13(15)19/h9-10H,4-8H2,1-3H3. The van der Waals surface area contributed by atoms with Gasteiger partial charge in [-0.25, -0.2) is 0 Å². The summed E-state index contributed by atoms with van der Waals surface area (Å²) in [5, 5.41) is 13.8. The molecule has 0 aromatic carbocycles. The lowest BCUT2D eigenvalue weighted by atomic mass is 9.61. The summed E-state index contributed by atoms with van der Waals surface area (Å²) in [4.78, 5) is 12.6. The fourth-order valence-corrected chi connectivity index (χ4v) is 3.04. The third-order valence-electron chi connectivity index (χ3n) is 4.19. The van der Waals surface area contributed by atoms with Crippen LogP contribution in [0.2, 0.25) is 0 Å². The number of aromatic nitrogens is 2. The SMILES string of the molecule is CCn1cc(CC2(C#N)CCCC(C)(C)C2=O)cn1. The molecule has 1 unspecified atom stereocenters. The first-order valence-electron chi connectivity index (χ1n) is 6.91. The second-order valence-corrected chi connectivity index (χ2v) is 6.14. The molecule has 0 spiro atoms. The van der Waals surface area contributed by atoms with Crippen LogP contribution in [0, 0.1) is 22.2 Å². The van der Waals surface area contributed by atoms with E-state index < -0.39 is 5.41 Å². The predicted octanol–water partition coefficient (Wildman–Crippen LogP) is 2.73. The van der Waals surface area contributed by atoms with Crippen molar-refractivity contribution in [1.29, 1.82) is 5.26 Å². The molecule has 0 saturated heterocycles. The van der Waals surface area contributed by atoms with E-state index in [4.69, 9.17) is 0 Å². The molecule has 1 aliphatic carbocycles. The van der Waals surface area contributed by atoms with Crippen molar-refractivity contribution >= 4 is 5.78 Å². The van der Waals surface area contributed by atoms with Crippen LogP contribution < -0.4 is 0 Å². The Kier molecular flexibility index (Phi) is 3.49. The molecule has 0 amide bonds. The van der Waals surface area contributed by atoms with Crippen LogP contribution in [0.4, 0.5) is 0 Å². The topological polar surface area (TPSA) is 58.7 Å². The maximum absolute atomic E-state index is 12.6. The highest BCUT2D eigenvalue weighted by Crippen LogP contribution is 2.44. The van der Waals surface area contributed by atoms with E-state index in [9.17, 15) is 10.1 Å². The van der Waals surface area contributed by atoms with Gasteiger partial charge in [0.05, 0.1) is 12.3 Å². The zero-order chi connectivity index (χ0) is 14.1. The van der Waals surface area contributed by atoms with Gasteiger partial charge >= 0.3 is 0 Å². The molecule has 4 heteroatoms. The number of aryl methyl sites for hydroxylation is 1. The molecule has 1 heterocycles. The van der Waals surface area contributed by atoms with Crippen LogP contribution in [0.3, 0.4) is 0 Å². The fraction of sp³-hybridized carbons (Fsp3) is 0.667. The van der Waals surface area contributed by atoms with Crippen LogP contribution >= 0.6 is 0 Å². The Labute approximate surface area is 114 Å². The highest BCUT2D eigenvalue weighted by atomic mass is 16.1. The first-order valence-corrected chi connectivity index (χ1v) is 6.91. The van der Waals surface area contributed by atoms with E-state index in [1.54, 1.807) is 6.20 Å². The van der Waals surface area contributed by atoms with E-state index in [0.717, 1.165) is 24.9 Å². The summed E-state index contributed by atoms with van der Waals surface area (Å²) in [6.45, 7) is 6.73. The van der Waals surface area contributed by atoms with Gasteiger partial charge in [-0.05, 0) is 25.3 Å². The van der Waals surface area contributed by atoms with Crippen molar-refractivity contribution < 1.29 is 4.79 Å². The Bertz CT molecular complexity index is 524. The van der Waals surface area contributed by atoms with Gasteiger partial charge in [0.15, 0.2) is 5.78 Å². The molecule has 4 nitrogen and oxygen atoms in total. The van der Waals surface area contributed by atoms with Crippen molar-refractivity contribution in [2.75, 3.05) is 0 Å². The summed E-state index contributed by atoms with van der Waals surface area (Å²) in [7, 11) is 0. The maximum Gasteiger partial charge on any atom is 0.158 e. The van der Waals surface area contributed by atoms with Crippen molar-refractivity contribution in [1.82, 2.24) is 9.78 Å². The summed E-state index contributed by atoms with van der Waals surface area (Å²) >= 11 is 0. The van der Waals surface area contributed by atoms with Gasteiger partial charge in [0.25, 0.3) is 0 Å². The van der Waals surface area contributed by atoms with E-state index in [-0.39, 0.29) is 11.2 Å². The van der Waals surface area contributed by atoms with Crippen LogP contribution in [0.5, 0.6) is 0 Å². The molecule has 1 fully saturated rings. The van der Waals surface area contributed by atoms with Crippen LogP contribution in [0.25, 0.3) is 0 Å². The lowest BCUT2D eigenvalue weighted by Crippen LogP contribution is -2.45. The normalized spacial score (nSPS) is 26.1. The van der Waals surface area contributed by atoms with Gasteiger partial charge in [-0.15, -0.1) is 0 Å². The molecule has 102 valence electrons. The molecule has 0 aliphatic heterocycles. The summed E-state index contributed by atoms with van der Waals surface area (Å²) in [6, 6.07) is 2.31. The zero-order valence-corrected chi connectivity index (χ0v) is 11.9. The quantitative estimate of drug-likeness (QED) is 0.838. The number of rotatable bonds is 3. The molecule has 1 aromatic heterocycles. The number of ketones is 1. The van der Waals surface area contributed by atoms with Gasteiger partial charge in [0.1, 0.15) is 5.41 Å². The third-order valence-corrected chi connectivity index (χ3v) is 4.19. The average molecular weight is 259 g/mol. The molecule has 1 atom stereocenters. The van der Waals surface area contributed by atoms with Crippen LogP contribution in [-0.2, 0) is 17.8 Å². The average Bonchev–Trinajstić information content (AvgIpc) is 2.82. The van der Waals surface area contributed by atoms with Crippen LogP contribution in [0.15, 0.2) is 12.4 Å². The summed E-state index contributed by atoms with van der Waals surface area (Å²) in [5.74, 6) is 0.0954. The van der Waals surface area contributed by atoms with E-state index in [1.165, 1.54) is 0 Å². The minimum absolute atomic E-state index is 0.0954. The number of nitrogens with zero attached hydrogens (tertiary/aromatic N) is 3. The second-order valence-electron chi connectivity index (χ2n) is 6.14. The number of carbonyl (C=O) groups is 1. The number of Topliss-reactive ketones (excluding diaryl/α,β-unsaturated/α-hetero) is 1. The first kappa shape index (κ1) is 13.8. The highest BCUT2D eigenvalue weighted by Gasteiger charge is 2.49. The molecular weight excluding hydrogens is 238 g/mol. The molecule has 1 saturated carbocycles. The van der Waals surface area contributed by atoms with Gasteiger partial charge in [0, 0.05) is 24.6 Å². The number of nitriles is 1. The van der Waals surface area contributed by atoms with Crippen molar-refractivity contribution in [3.63, 3.8) is 0 Å². The highest BCUT2D eigenvalue weighted by molar-refractivity contribution is 5.93. The summed E-state index contributed by atoms with van der Waals surface area (Å²) < 4.78 is 1.83. The van der Waals surface area contributed by atoms with E-state index >= 15 is 0 Å². The van der Waals surface area contributed by atoms with Crippen LogP contribution in [0.1, 0.15) is 45.6 Å². The molecule has 19 heavy (non-hydrogen) atoms. The lowest BCUT2D eigenvalue weighted by molar-refractivity contribution is -0.138. The van der Waals surface area contributed by atoms with Crippen molar-refractivity contribution in [3.8, 4) is 6.07 Å². The Morgan fingerprint density at radius 2 is 2.21 bits per heavy atom. The maximum atomic E-state index is 12.6. The minimum atomic E-state index is -0.858. The van der Waals surface area contributed by atoms with Gasteiger partial charge in [0.2, 0.25) is 0 Å². The van der Waals surface area contributed by atoms with Crippen LogP contribution in [-0.4, -0.2) is 15.6 Å². The van der Waals surface area contributed by atoms with Gasteiger partial charge in [-0.3, -0.25) is 9.48 Å². The van der Waals surface area contributed by atoms with Crippen molar-refractivity contribution in [2.24, 2.45) is 10.8 Å². The lowest BCUT2D eigenvalue weighted by Gasteiger charge is -2.38. The molecule has 1 aromatic rings. The molecule has 0 radical (unpaired) electrons. The summed E-state index contributed by atoms with van der Waals surface area (Å²) in [6.07, 6.45) is 6.69. The first-order chi connectivity index (χ1) is 8.93. The van der Waals surface area contributed by atoms with Crippen molar-refractivity contribution in [2.45, 2.75) is 53.0 Å². The fourth-order valence-electron chi connectivity index (χ4n) is 3.04.